The summed E-state index contributed by atoms with van der Waals surface area (Å²) in [6, 6.07) is 36.4. The Bertz CT molecular complexity index is 1280. The van der Waals surface area contributed by atoms with Gasteiger partial charge in [-0.05, 0) is 47.2 Å². The van der Waals surface area contributed by atoms with Gasteiger partial charge >= 0.3 is 0 Å². The van der Waals surface area contributed by atoms with Crippen LogP contribution in [0.3, 0.4) is 0 Å². The van der Waals surface area contributed by atoms with Gasteiger partial charge in [0.05, 0.1) is 7.11 Å². The van der Waals surface area contributed by atoms with E-state index in [0.717, 1.165) is 28.0 Å². The van der Waals surface area contributed by atoms with E-state index in [1.807, 2.05) is 115 Å². The number of aryl methyl sites for hydroxylation is 1. The van der Waals surface area contributed by atoms with Crippen molar-refractivity contribution in [3.05, 3.63) is 138 Å². The number of carbonyl (C=O) groups excluding carboxylic acids is 2. The van der Waals surface area contributed by atoms with Crippen molar-refractivity contribution in [1.29, 1.82) is 0 Å². The van der Waals surface area contributed by atoms with Crippen LogP contribution in [0.4, 0.5) is 0 Å². The first kappa shape index (κ1) is 26.7. The molecule has 4 rings (SSSR count). The van der Waals surface area contributed by atoms with Crippen LogP contribution in [0.1, 0.15) is 34.7 Å². The Morgan fingerprint density at radius 1 is 0.711 bits per heavy atom. The summed E-state index contributed by atoms with van der Waals surface area (Å²) in [5.41, 5.74) is 3.95. The number of hydrogen-bond donors (Lipinski definition) is 1. The largest absolute Gasteiger partial charge is 0.497 e. The molecule has 0 aliphatic heterocycles. The Morgan fingerprint density at radius 3 is 1.84 bits per heavy atom. The zero-order valence-corrected chi connectivity index (χ0v) is 21.8. The summed E-state index contributed by atoms with van der Waals surface area (Å²) in [5, 5.41) is 3.09. The van der Waals surface area contributed by atoms with Crippen molar-refractivity contribution in [2.75, 3.05) is 13.7 Å². The average molecular weight is 507 g/mol. The van der Waals surface area contributed by atoms with Crippen molar-refractivity contribution in [2.45, 2.75) is 31.8 Å². The number of ether oxygens (including phenoxy) is 1. The molecule has 5 nitrogen and oxygen atoms in total. The normalized spacial score (nSPS) is 11.4. The molecule has 1 N–H and O–H groups in total. The molecule has 0 saturated heterocycles. The second-order valence-electron chi connectivity index (χ2n) is 9.20. The van der Waals surface area contributed by atoms with Gasteiger partial charge in [-0.1, -0.05) is 103 Å². The van der Waals surface area contributed by atoms with Crippen LogP contribution >= 0.6 is 0 Å². The van der Waals surface area contributed by atoms with E-state index in [0.29, 0.717) is 32.4 Å². The fraction of sp³-hybridized carbons (Fsp3) is 0.212. The number of hydrogen-bond acceptors (Lipinski definition) is 3. The van der Waals surface area contributed by atoms with Gasteiger partial charge in [-0.2, -0.15) is 0 Å². The van der Waals surface area contributed by atoms with Crippen molar-refractivity contribution in [3.8, 4) is 5.75 Å². The zero-order chi connectivity index (χ0) is 26.6. The number of benzene rings is 4. The van der Waals surface area contributed by atoms with Crippen LogP contribution < -0.4 is 10.1 Å². The van der Waals surface area contributed by atoms with Gasteiger partial charge in [0.1, 0.15) is 11.8 Å². The number of nitrogens with one attached hydrogen (secondary N) is 1. The molecule has 0 bridgehead atoms. The molecule has 0 aliphatic rings. The first-order chi connectivity index (χ1) is 18.6. The van der Waals surface area contributed by atoms with E-state index in [9.17, 15) is 9.59 Å². The Balaban J connectivity index is 1.59. The van der Waals surface area contributed by atoms with Gasteiger partial charge in [0.15, 0.2) is 0 Å². The lowest BCUT2D eigenvalue weighted by molar-refractivity contribution is -0.141. The highest BCUT2D eigenvalue weighted by molar-refractivity contribution is 5.88. The lowest BCUT2D eigenvalue weighted by Crippen LogP contribution is -2.44. The van der Waals surface area contributed by atoms with Crippen LogP contribution in [0.15, 0.2) is 115 Å². The van der Waals surface area contributed by atoms with Crippen molar-refractivity contribution in [1.82, 2.24) is 10.2 Å². The highest BCUT2D eigenvalue weighted by Crippen LogP contribution is 2.26. The van der Waals surface area contributed by atoms with Crippen molar-refractivity contribution < 1.29 is 14.3 Å². The molecular formula is C33H34N2O3. The first-order valence-electron chi connectivity index (χ1n) is 13.0. The lowest BCUT2D eigenvalue weighted by Gasteiger charge is -2.32. The summed E-state index contributed by atoms with van der Waals surface area (Å²) < 4.78 is 5.30. The molecule has 4 aromatic carbocycles. The molecule has 0 saturated carbocycles. The van der Waals surface area contributed by atoms with Crippen LogP contribution in [0.5, 0.6) is 5.75 Å². The van der Waals surface area contributed by atoms with E-state index in [4.69, 9.17) is 4.74 Å². The highest BCUT2D eigenvalue weighted by atomic mass is 16.5. The Hall–Kier alpha value is -4.38. The van der Waals surface area contributed by atoms with E-state index in [1.54, 1.807) is 12.0 Å². The number of nitrogens with zero attached hydrogens (tertiary/aromatic N) is 1. The molecular weight excluding hydrogens is 472 g/mol. The fourth-order valence-corrected chi connectivity index (χ4v) is 4.47. The van der Waals surface area contributed by atoms with Crippen LogP contribution in [0.25, 0.3) is 0 Å². The maximum Gasteiger partial charge on any atom is 0.247 e. The van der Waals surface area contributed by atoms with Crippen LogP contribution in [0, 0.1) is 0 Å². The van der Waals surface area contributed by atoms with Gasteiger partial charge in [-0.25, -0.2) is 0 Å². The molecule has 0 radical (unpaired) electrons. The maximum absolute atomic E-state index is 13.8. The van der Waals surface area contributed by atoms with Gasteiger partial charge in [-0.15, -0.1) is 0 Å². The zero-order valence-electron chi connectivity index (χ0n) is 21.8. The molecule has 5 heteroatoms. The quantitative estimate of drug-likeness (QED) is 0.266. The third-order valence-corrected chi connectivity index (χ3v) is 6.53. The summed E-state index contributed by atoms with van der Waals surface area (Å²) in [6.45, 7) is 0.796. The van der Waals surface area contributed by atoms with Crippen LogP contribution in [-0.2, 0) is 29.0 Å². The van der Waals surface area contributed by atoms with Gasteiger partial charge in [0, 0.05) is 19.5 Å². The minimum Gasteiger partial charge on any atom is -0.497 e. The second kappa shape index (κ2) is 13.8. The summed E-state index contributed by atoms with van der Waals surface area (Å²) in [5.74, 6) is 0.486. The van der Waals surface area contributed by atoms with E-state index >= 15 is 0 Å². The van der Waals surface area contributed by atoms with Gasteiger partial charge in [-0.3, -0.25) is 9.59 Å². The molecule has 0 aromatic heterocycles. The summed E-state index contributed by atoms with van der Waals surface area (Å²) in [4.78, 5) is 29.2. The molecule has 0 aliphatic carbocycles. The van der Waals surface area contributed by atoms with Crippen molar-refractivity contribution in [3.63, 3.8) is 0 Å². The van der Waals surface area contributed by atoms with E-state index in [2.05, 4.69) is 5.32 Å². The standard InChI is InChI=1S/C33H34N2O3/c1-38-30-20-17-28(18-21-30)25-35(31(36)22-19-26-11-5-2-6-12-26)32(29-15-9-4-10-16-29)33(37)34-24-23-27-13-7-3-8-14-27/h2-18,20-21,32H,19,22-25H2,1H3,(H,34,37)/t32-/m0/s1. The topological polar surface area (TPSA) is 58.6 Å². The minimum absolute atomic E-state index is 0.0725. The summed E-state index contributed by atoms with van der Waals surface area (Å²) in [6.07, 6.45) is 1.63. The van der Waals surface area contributed by atoms with E-state index in [-0.39, 0.29) is 11.8 Å². The van der Waals surface area contributed by atoms with Crippen molar-refractivity contribution in [2.24, 2.45) is 0 Å². The number of amides is 2. The predicted molar refractivity (Wildman–Crippen MR) is 151 cm³/mol. The Kier molecular flexibility index (Phi) is 9.69. The minimum atomic E-state index is -0.752. The Morgan fingerprint density at radius 2 is 1.26 bits per heavy atom. The third kappa shape index (κ3) is 7.56. The van der Waals surface area contributed by atoms with Gasteiger partial charge in [0.2, 0.25) is 11.8 Å². The molecule has 4 aromatic rings. The van der Waals surface area contributed by atoms with Gasteiger partial charge < -0.3 is 15.0 Å². The molecule has 0 spiro atoms. The second-order valence-corrected chi connectivity index (χ2v) is 9.20. The number of carbonyl (C=O) groups is 2. The molecule has 0 heterocycles. The van der Waals surface area contributed by atoms with Crippen molar-refractivity contribution >= 4 is 11.8 Å². The molecule has 0 fully saturated rings. The van der Waals surface area contributed by atoms with Gasteiger partial charge in [0.25, 0.3) is 0 Å². The van der Waals surface area contributed by atoms with E-state index < -0.39 is 6.04 Å². The highest BCUT2D eigenvalue weighted by Gasteiger charge is 2.31. The fourth-order valence-electron chi connectivity index (χ4n) is 4.47. The third-order valence-electron chi connectivity index (χ3n) is 6.53. The molecule has 1 atom stereocenters. The number of rotatable bonds is 12. The van der Waals surface area contributed by atoms with Crippen LogP contribution in [0.2, 0.25) is 0 Å². The summed E-state index contributed by atoms with van der Waals surface area (Å²) >= 11 is 0. The first-order valence-corrected chi connectivity index (χ1v) is 13.0. The molecule has 0 unspecified atom stereocenters. The summed E-state index contributed by atoms with van der Waals surface area (Å²) in [7, 11) is 1.62. The SMILES string of the molecule is COc1ccc(CN(C(=O)CCc2ccccc2)[C@H](C(=O)NCCc2ccccc2)c2ccccc2)cc1. The van der Waals surface area contributed by atoms with E-state index in [1.165, 1.54) is 0 Å². The maximum atomic E-state index is 13.8. The molecule has 194 valence electrons. The number of methoxy groups -OCH3 is 1. The lowest BCUT2D eigenvalue weighted by atomic mass is 10.0. The smallest absolute Gasteiger partial charge is 0.247 e. The predicted octanol–water partition coefficient (Wildman–Crippen LogP) is 5.76. The molecule has 2 amide bonds. The Labute approximate surface area is 225 Å². The monoisotopic (exact) mass is 506 g/mol. The van der Waals surface area contributed by atoms with Crippen LogP contribution in [-0.4, -0.2) is 30.4 Å². The molecule has 38 heavy (non-hydrogen) atoms. The average Bonchev–Trinajstić information content (AvgIpc) is 2.97.